The first-order valence-electron chi connectivity index (χ1n) is 9.12. The van der Waals surface area contributed by atoms with Crippen LogP contribution in [0.5, 0.6) is 0 Å². The zero-order valence-electron chi connectivity index (χ0n) is 15.7. The topological polar surface area (TPSA) is 40.7 Å². The molecular weight excluding hydrogens is 330 g/mol. The number of aromatic nitrogens is 2. The highest BCUT2D eigenvalue weighted by atomic mass is 14.9. The Kier molecular flexibility index (Phi) is 4.51. The molecule has 0 amide bonds. The summed E-state index contributed by atoms with van der Waals surface area (Å²) >= 11 is 0. The number of nitrogens with zero attached hydrogens (tertiary/aromatic N) is 1. The van der Waals surface area contributed by atoms with Gasteiger partial charge in [0.2, 0.25) is 0 Å². The van der Waals surface area contributed by atoms with Crippen molar-refractivity contribution >= 4 is 22.2 Å². The molecule has 0 saturated carbocycles. The standard InChI is InChI=1S/C24H23N3/c1-16-9-10-21-22(15-26-23(21)12-16)18(3)24(19-7-5-4-6-8-19)27-20-11-17(2)13-25-14-20/h4-15,24,26-27H,3H2,1-2H3. The largest absolute Gasteiger partial charge is 0.373 e. The molecule has 0 fully saturated rings. The van der Waals surface area contributed by atoms with Crippen LogP contribution in [0.4, 0.5) is 5.69 Å². The van der Waals surface area contributed by atoms with E-state index in [0.29, 0.717) is 0 Å². The zero-order valence-corrected chi connectivity index (χ0v) is 15.7. The van der Waals surface area contributed by atoms with E-state index in [1.54, 1.807) is 0 Å². The summed E-state index contributed by atoms with van der Waals surface area (Å²) in [6.45, 7) is 8.62. The van der Waals surface area contributed by atoms with E-state index >= 15 is 0 Å². The third-order valence-electron chi connectivity index (χ3n) is 4.85. The van der Waals surface area contributed by atoms with Crippen LogP contribution in [0.2, 0.25) is 0 Å². The first-order valence-corrected chi connectivity index (χ1v) is 9.12. The number of pyridine rings is 1. The quantitative estimate of drug-likeness (QED) is 0.459. The van der Waals surface area contributed by atoms with Gasteiger partial charge in [0.1, 0.15) is 0 Å². The van der Waals surface area contributed by atoms with Crippen LogP contribution < -0.4 is 5.32 Å². The molecule has 4 rings (SSSR count). The van der Waals surface area contributed by atoms with Gasteiger partial charge in [-0.1, -0.05) is 49.0 Å². The van der Waals surface area contributed by atoms with Gasteiger partial charge in [0.05, 0.1) is 11.7 Å². The van der Waals surface area contributed by atoms with Crippen molar-refractivity contribution in [2.75, 3.05) is 5.32 Å². The molecule has 0 spiro atoms. The van der Waals surface area contributed by atoms with Crippen LogP contribution in [0.15, 0.2) is 79.8 Å². The van der Waals surface area contributed by atoms with E-state index in [2.05, 4.69) is 83.5 Å². The lowest BCUT2D eigenvalue weighted by Gasteiger charge is -2.23. The second-order valence-electron chi connectivity index (χ2n) is 7.02. The van der Waals surface area contributed by atoms with Crippen molar-refractivity contribution < 1.29 is 0 Å². The lowest BCUT2D eigenvalue weighted by molar-refractivity contribution is 1.00. The van der Waals surface area contributed by atoms with Crippen LogP contribution in [0.1, 0.15) is 28.3 Å². The summed E-state index contributed by atoms with van der Waals surface area (Å²) in [4.78, 5) is 7.70. The number of fused-ring (bicyclic) bond motifs is 1. The second-order valence-corrected chi connectivity index (χ2v) is 7.02. The summed E-state index contributed by atoms with van der Waals surface area (Å²) in [5, 5.41) is 4.81. The fraction of sp³-hybridized carbons (Fsp3) is 0.125. The number of aromatic amines is 1. The Hall–Kier alpha value is -3.33. The number of hydrogen-bond acceptors (Lipinski definition) is 2. The number of anilines is 1. The fourth-order valence-electron chi connectivity index (χ4n) is 3.48. The van der Waals surface area contributed by atoms with Crippen LogP contribution in [0, 0.1) is 13.8 Å². The smallest absolute Gasteiger partial charge is 0.0768 e. The number of hydrogen-bond donors (Lipinski definition) is 2. The Morgan fingerprint density at radius 3 is 2.59 bits per heavy atom. The lowest BCUT2D eigenvalue weighted by Crippen LogP contribution is -2.12. The van der Waals surface area contributed by atoms with E-state index in [0.717, 1.165) is 27.9 Å². The van der Waals surface area contributed by atoms with Gasteiger partial charge in [-0.2, -0.15) is 0 Å². The highest BCUT2D eigenvalue weighted by Gasteiger charge is 2.19. The summed E-state index contributed by atoms with van der Waals surface area (Å²) in [7, 11) is 0. The fourth-order valence-corrected chi connectivity index (χ4v) is 3.48. The number of benzene rings is 2. The first-order chi connectivity index (χ1) is 13.1. The van der Waals surface area contributed by atoms with Gasteiger partial charge >= 0.3 is 0 Å². The Balaban J connectivity index is 1.76. The van der Waals surface area contributed by atoms with Crippen molar-refractivity contribution in [2.45, 2.75) is 19.9 Å². The van der Waals surface area contributed by atoms with Crippen LogP contribution in [-0.4, -0.2) is 9.97 Å². The van der Waals surface area contributed by atoms with Crippen LogP contribution in [0.3, 0.4) is 0 Å². The molecule has 0 aliphatic heterocycles. The molecular formula is C24H23N3. The van der Waals surface area contributed by atoms with Crippen molar-refractivity contribution in [2.24, 2.45) is 0 Å². The second kappa shape index (κ2) is 7.12. The highest BCUT2D eigenvalue weighted by molar-refractivity contribution is 5.94. The van der Waals surface area contributed by atoms with E-state index in [-0.39, 0.29) is 6.04 Å². The first kappa shape index (κ1) is 17.1. The van der Waals surface area contributed by atoms with E-state index in [1.165, 1.54) is 16.5 Å². The number of aryl methyl sites for hydroxylation is 2. The van der Waals surface area contributed by atoms with Crippen molar-refractivity contribution in [3.05, 3.63) is 102 Å². The molecule has 2 aromatic heterocycles. The molecule has 0 saturated heterocycles. The Bertz CT molecular complexity index is 1090. The molecule has 134 valence electrons. The molecule has 0 bridgehead atoms. The molecule has 0 radical (unpaired) electrons. The van der Waals surface area contributed by atoms with Crippen LogP contribution >= 0.6 is 0 Å². The van der Waals surface area contributed by atoms with E-state index in [1.807, 2.05) is 25.4 Å². The molecule has 27 heavy (non-hydrogen) atoms. The van der Waals surface area contributed by atoms with E-state index in [9.17, 15) is 0 Å². The normalized spacial score (nSPS) is 12.1. The minimum absolute atomic E-state index is 0.0462. The summed E-state index contributed by atoms with van der Waals surface area (Å²) in [5.41, 5.74) is 7.82. The Labute approximate surface area is 159 Å². The summed E-state index contributed by atoms with van der Waals surface area (Å²) in [6, 6.07) is 18.9. The zero-order chi connectivity index (χ0) is 18.8. The minimum Gasteiger partial charge on any atom is -0.373 e. The van der Waals surface area contributed by atoms with Gasteiger partial charge in [-0.05, 0) is 48.2 Å². The average molecular weight is 353 g/mol. The molecule has 3 nitrogen and oxygen atoms in total. The van der Waals surface area contributed by atoms with Crippen molar-refractivity contribution in [1.29, 1.82) is 0 Å². The van der Waals surface area contributed by atoms with Gasteiger partial charge < -0.3 is 10.3 Å². The molecule has 2 aromatic carbocycles. The van der Waals surface area contributed by atoms with E-state index < -0.39 is 0 Å². The predicted octanol–water partition coefficient (Wildman–Crippen LogP) is 6.05. The van der Waals surface area contributed by atoms with Crippen molar-refractivity contribution in [3.63, 3.8) is 0 Å². The van der Waals surface area contributed by atoms with Gasteiger partial charge in [-0.15, -0.1) is 0 Å². The maximum atomic E-state index is 4.46. The molecule has 1 atom stereocenters. The average Bonchev–Trinajstić information content (AvgIpc) is 3.09. The molecule has 4 aromatic rings. The Morgan fingerprint density at radius 2 is 1.81 bits per heavy atom. The summed E-state index contributed by atoms with van der Waals surface area (Å²) < 4.78 is 0. The Morgan fingerprint density at radius 1 is 1.00 bits per heavy atom. The molecule has 1 unspecified atom stereocenters. The monoisotopic (exact) mass is 353 g/mol. The molecule has 3 heteroatoms. The third-order valence-corrected chi connectivity index (χ3v) is 4.85. The van der Waals surface area contributed by atoms with Crippen LogP contribution in [-0.2, 0) is 0 Å². The highest BCUT2D eigenvalue weighted by Crippen LogP contribution is 2.35. The maximum Gasteiger partial charge on any atom is 0.0768 e. The molecule has 2 heterocycles. The van der Waals surface area contributed by atoms with Crippen LogP contribution in [0.25, 0.3) is 16.5 Å². The molecule has 0 aliphatic carbocycles. The predicted molar refractivity (Wildman–Crippen MR) is 114 cm³/mol. The molecule has 2 N–H and O–H groups in total. The number of nitrogens with one attached hydrogen (secondary N) is 2. The van der Waals surface area contributed by atoms with Gasteiger partial charge in [0, 0.05) is 35.1 Å². The lowest BCUT2D eigenvalue weighted by atomic mass is 9.93. The van der Waals surface area contributed by atoms with E-state index in [4.69, 9.17) is 0 Å². The number of H-pyrrole nitrogens is 1. The summed E-state index contributed by atoms with van der Waals surface area (Å²) in [5.74, 6) is 0. The maximum absolute atomic E-state index is 4.46. The van der Waals surface area contributed by atoms with Crippen molar-refractivity contribution in [1.82, 2.24) is 9.97 Å². The summed E-state index contributed by atoms with van der Waals surface area (Å²) in [6.07, 6.45) is 5.77. The van der Waals surface area contributed by atoms with Gasteiger partial charge in [-0.25, -0.2) is 0 Å². The van der Waals surface area contributed by atoms with Gasteiger partial charge in [-0.3, -0.25) is 4.98 Å². The third kappa shape index (κ3) is 3.49. The minimum atomic E-state index is -0.0462. The SMILES string of the molecule is C=C(c1c[nH]c2cc(C)ccc12)C(Nc1cncc(C)c1)c1ccccc1. The van der Waals surface area contributed by atoms with Crippen molar-refractivity contribution in [3.8, 4) is 0 Å². The van der Waals surface area contributed by atoms with Gasteiger partial charge in [0.15, 0.2) is 0 Å². The number of rotatable bonds is 5. The van der Waals surface area contributed by atoms with Gasteiger partial charge in [0.25, 0.3) is 0 Å². The molecule has 0 aliphatic rings.